The number of carbonyl (C=O) groups excluding carboxylic acids is 1. The summed E-state index contributed by atoms with van der Waals surface area (Å²) in [5.74, 6) is 1.56. The van der Waals surface area contributed by atoms with Crippen LogP contribution in [0, 0.1) is 6.92 Å². The van der Waals surface area contributed by atoms with E-state index in [1.807, 2.05) is 24.0 Å². The van der Waals surface area contributed by atoms with Gasteiger partial charge in [0.2, 0.25) is 5.91 Å². The van der Waals surface area contributed by atoms with Crippen LogP contribution in [0.3, 0.4) is 0 Å². The molecule has 25 heavy (non-hydrogen) atoms. The molecule has 0 bridgehead atoms. The fraction of sp³-hybridized carbons (Fsp3) is 0.500. The van der Waals surface area contributed by atoms with Gasteiger partial charge in [0, 0.05) is 31.3 Å². The molecule has 1 aromatic heterocycles. The van der Waals surface area contributed by atoms with Gasteiger partial charge in [-0.25, -0.2) is 4.98 Å². The van der Waals surface area contributed by atoms with E-state index in [1.54, 1.807) is 17.8 Å². The Labute approximate surface area is 151 Å². The van der Waals surface area contributed by atoms with Gasteiger partial charge in [0.05, 0.1) is 16.7 Å². The molecule has 7 heteroatoms. The highest BCUT2D eigenvalue weighted by Gasteiger charge is 2.22. The Bertz CT molecular complexity index is 812. The van der Waals surface area contributed by atoms with Crippen molar-refractivity contribution in [2.75, 3.05) is 19.6 Å². The van der Waals surface area contributed by atoms with Gasteiger partial charge in [-0.05, 0) is 31.4 Å². The molecule has 1 fully saturated rings. The lowest BCUT2D eigenvalue weighted by Gasteiger charge is -2.31. The van der Waals surface area contributed by atoms with Crippen LogP contribution in [0.25, 0.3) is 10.9 Å². The molecule has 1 aliphatic heterocycles. The smallest absolute Gasteiger partial charge is 0.258 e. The summed E-state index contributed by atoms with van der Waals surface area (Å²) in [6.45, 7) is 3.96. The Morgan fingerprint density at radius 3 is 2.88 bits per heavy atom. The van der Waals surface area contributed by atoms with Gasteiger partial charge >= 0.3 is 0 Å². The molecular weight excluding hydrogens is 336 g/mol. The van der Waals surface area contributed by atoms with Crippen molar-refractivity contribution in [2.45, 2.75) is 37.2 Å². The number of nitrogens with zero attached hydrogens (tertiary/aromatic N) is 2. The van der Waals surface area contributed by atoms with Crippen LogP contribution in [0.1, 0.15) is 30.7 Å². The Morgan fingerprint density at radius 2 is 2.16 bits per heavy atom. The van der Waals surface area contributed by atoms with Gasteiger partial charge in [-0.2, -0.15) is 11.8 Å². The number of hydrogen-bond donors (Lipinski definition) is 2. The van der Waals surface area contributed by atoms with Crippen LogP contribution in [0.2, 0.25) is 0 Å². The van der Waals surface area contributed by atoms with Crippen molar-refractivity contribution in [2.24, 2.45) is 5.73 Å². The molecule has 1 amide bonds. The average Bonchev–Trinajstić information content (AvgIpc) is 2.61. The SMILES string of the molecule is Cc1cccc2c(=O)[nH]c(CSC3CCN(C(=O)CCN)CC3)nc12. The quantitative estimate of drug-likeness (QED) is 0.848. The summed E-state index contributed by atoms with van der Waals surface area (Å²) in [4.78, 5) is 33.5. The third-order valence-corrected chi connectivity index (χ3v) is 5.98. The summed E-state index contributed by atoms with van der Waals surface area (Å²) in [6.07, 6.45) is 2.37. The second-order valence-electron chi connectivity index (χ2n) is 6.41. The van der Waals surface area contributed by atoms with E-state index in [1.165, 1.54) is 0 Å². The third-order valence-electron chi connectivity index (χ3n) is 4.60. The lowest BCUT2D eigenvalue weighted by molar-refractivity contribution is -0.131. The third kappa shape index (κ3) is 4.22. The lowest BCUT2D eigenvalue weighted by Crippen LogP contribution is -2.40. The number of piperidine rings is 1. The van der Waals surface area contributed by atoms with Crippen LogP contribution < -0.4 is 11.3 Å². The van der Waals surface area contributed by atoms with E-state index in [2.05, 4.69) is 9.97 Å². The number of aromatic nitrogens is 2. The minimum absolute atomic E-state index is 0.0773. The minimum atomic E-state index is -0.0773. The highest BCUT2D eigenvalue weighted by Crippen LogP contribution is 2.26. The van der Waals surface area contributed by atoms with Crippen LogP contribution in [0.5, 0.6) is 0 Å². The summed E-state index contributed by atoms with van der Waals surface area (Å²) >= 11 is 1.81. The van der Waals surface area contributed by atoms with E-state index < -0.39 is 0 Å². The highest BCUT2D eigenvalue weighted by molar-refractivity contribution is 7.99. The van der Waals surface area contributed by atoms with Crippen molar-refractivity contribution < 1.29 is 4.79 Å². The summed E-state index contributed by atoms with van der Waals surface area (Å²) in [7, 11) is 0. The molecular formula is C18H24N4O2S. The van der Waals surface area contributed by atoms with Crippen LogP contribution >= 0.6 is 11.8 Å². The highest BCUT2D eigenvalue weighted by atomic mass is 32.2. The molecule has 0 unspecified atom stereocenters. The van der Waals surface area contributed by atoms with Crippen molar-refractivity contribution in [3.63, 3.8) is 0 Å². The number of aryl methyl sites for hydroxylation is 1. The number of benzene rings is 1. The van der Waals surface area contributed by atoms with Gasteiger partial charge in [0.15, 0.2) is 0 Å². The van der Waals surface area contributed by atoms with E-state index >= 15 is 0 Å². The largest absolute Gasteiger partial charge is 0.343 e. The predicted molar refractivity (Wildman–Crippen MR) is 102 cm³/mol. The summed E-state index contributed by atoms with van der Waals surface area (Å²) in [5, 5.41) is 1.13. The molecule has 0 aliphatic carbocycles. The van der Waals surface area contributed by atoms with Gasteiger partial charge < -0.3 is 15.6 Å². The van der Waals surface area contributed by atoms with Crippen LogP contribution in [-0.4, -0.2) is 45.7 Å². The second-order valence-corrected chi connectivity index (χ2v) is 7.70. The fourth-order valence-electron chi connectivity index (χ4n) is 3.17. The van der Waals surface area contributed by atoms with Crippen LogP contribution in [0.15, 0.2) is 23.0 Å². The first-order valence-corrected chi connectivity index (χ1v) is 9.71. The number of carbonyl (C=O) groups is 1. The molecule has 0 saturated carbocycles. The van der Waals surface area contributed by atoms with Crippen LogP contribution in [0.4, 0.5) is 0 Å². The van der Waals surface area contributed by atoms with Gasteiger partial charge in [0.1, 0.15) is 5.82 Å². The van der Waals surface area contributed by atoms with Crippen LogP contribution in [-0.2, 0) is 10.5 Å². The fourth-order valence-corrected chi connectivity index (χ4v) is 4.24. The van der Waals surface area contributed by atoms with Gasteiger partial charge in [-0.3, -0.25) is 9.59 Å². The molecule has 1 aliphatic rings. The first kappa shape index (κ1) is 17.9. The minimum Gasteiger partial charge on any atom is -0.343 e. The summed E-state index contributed by atoms with van der Waals surface area (Å²) in [5.41, 5.74) is 7.17. The van der Waals surface area contributed by atoms with E-state index in [0.717, 1.165) is 42.8 Å². The number of rotatable bonds is 5. The zero-order chi connectivity index (χ0) is 17.8. The Balaban J connectivity index is 1.60. The van der Waals surface area contributed by atoms with E-state index in [0.29, 0.717) is 29.4 Å². The first-order valence-electron chi connectivity index (χ1n) is 8.66. The molecule has 3 N–H and O–H groups in total. The summed E-state index contributed by atoms with van der Waals surface area (Å²) < 4.78 is 0. The lowest BCUT2D eigenvalue weighted by atomic mass is 10.1. The number of fused-ring (bicyclic) bond motifs is 1. The maximum atomic E-state index is 12.2. The van der Waals surface area contributed by atoms with Crippen molar-refractivity contribution in [3.05, 3.63) is 39.9 Å². The molecule has 1 saturated heterocycles. The molecule has 0 radical (unpaired) electrons. The topological polar surface area (TPSA) is 92.1 Å². The summed E-state index contributed by atoms with van der Waals surface area (Å²) in [6, 6.07) is 5.65. The van der Waals surface area contributed by atoms with E-state index in [4.69, 9.17) is 5.73 Å². The maximum Gasteiger partial charge on any atom is 0.258 e. The van der Waals surface area contributed by atoms with Gasteiger partial charge in [-0.15, -0.1) is 0 Å². The number of nitrogens with two attached hydrogens (primary N) is 1. The Morgan fingerprint density at radius 1 is 1.40 bits per heavy atom. The van der Waals surface area contributed by atoms with Crippen molar-refractivity contribution in [1.82, 2.24) is 14.9 Å². The zero-order valence-corrected chi connectivity index (χ0v) is 15.3. The Hall–Kier alpha value is -1.86. The van der Waals surface area contributed by atoms with Crippen molar-refractivity contribution in [1.29, 1.82) is 0 Å². The zero-order valence-electron chi connectivity index (χ0n) is 14.5. The number of nitrogens with one attached hydrogen (secondary N) is 1. The molecule has 3 rings (SSSR count). The molecule has 0 atom stereocenters. The molecule has 2 heterocycles. The Kier molecular flexibility index (Phi) is 5.75. The number of para-hydroxylation sites is 1. The second kappa shape index (κ2) is 8.01. The normalized spacial score (nSPS) is 15.7. The predicted octanol–water partition coefficient (Wildman–Crippen LogP) is 1.80. The number of H-pyrrole nitrogens is 1. The number of hydrogen-bond acceptors (Lipinski definition) is 5. The van der Waals surface area contributed by atoms with Crippen molar-refractivity contribution in [3.8, 4) is 0 Å². The monoisotopic (exact) mass is 360 g/mol. The molecule has 2 aromatic rings. The molecule has 1 aromatic carbocycles. The maximum absolute atomic E-state index is 12.2. The number of likely N-dealkylation sites (tertiary alicyclic amines) is 1. The van der Waals surface area contributed by atoms with E-state index in [9.17, 15) is 9.59 Å². The molecule has 0 spiro atoms. The van der Waals surface area contributed by atoms with Crippen molar-refractivity contribution >= 4 is 28.6 Å². The van der Waals surface area contributed by atoms with E-state index in [-0.39, 0.29) is 11.5 Å². The standard InChI is InChI=1S/C18H24N4O2S/c1-12-3-2-4-14-17(12)20-15(21-18(14)24)11-25-13-6-9-22(10-7-13)16(23)5-8-19/h2-4,13H,5-11,19H2,1H3,(H,20,21,24). The van der Waals surface area contributed by atoms with Gasteiger partial charge in [-0.1, -0.05) is 12.1 Å². The number of aromatic amines is 1. The number of thioether (sulfide) groups is 1. The first-order chi connectivity index (χ1) is 12.1. The van der Waals surface area contributed by atoms with Gasteiger partial charge in [0.25, 0.3) is 5.56 Å². The molecule has 134 valence electrons. The average molecular weight is 360 g/mol. The molecule has 6 nitrogen and oxygen atoms in total. The number of amides is 1.